The molecule has 0 N–H and O–H groups in total. The molecule has 0 aliphatic heterocycles. The summed E-state index contributed by atoms with van der Waals surface area (Å²) in [5.41, 5.74) is 5.33. The molecular formula is C31H23ClO4. The van der Waals surface area contributed by atoms with E-state index >= 15 is 0 Å². The first-order valence-electron chi connectivity index (χ1n) is 11.6. The minimum absolute atomic E-state index is 0.00216. The fourth-order valence-electron chi connectivity index (χ4n) is 4.06. The van der Waals surface area contributed by atoms with Gasteiger partial charge in [0.1, 0.15) is 5.58 Å². The third kappa shape index (κ3) is 4.68. The third-order valence-electron chi connectivity index (χ3n) is 6.23. The van der Waals surface area contributed by atoms with E-state index in [1.54, 1.807) is 42.5 Å². The van der Waals surface area contributed by atoms with E-state index in [0.29, 0.717) is 27.1 Å². The highest BCUT2D eigenvalue weighted by Crippen LogP contribution is 2.32. The van der Waals surface area contributed by atoms with Crippen LogP contribution in [0.3, 0.4) is 0 Å². The van der Waals surface area contributed by atoms with Gasteiger partial charge in [-0.05, 0) is 72.5 Å². The van der Waals surface area contributed by atoms with Crippen LogP contribution < -0.4 is 10.2 Å². The van der Waals surface area contributed by atoms with Crippen molar-refractivity contribution in [3.8, 4) is 28.2 Å². The second-order valence-electron chi connectivity index (χ2n) is 8.68. The van der Waals surface area contributed by atoms with Gasteiger partial charge in [0.2, 0.25) is 11.2 Å². The summed E-state index contributed by atoms with van der Waals surface area (Å²) < 4.78 is 12.0. The van der Waals surface area contributed by atoms with Crippen molar-refractivity contribution in [1.29, 1.82) is 0 Å². The molecule has 4 nitrogen and oxygen atoms in total. The molecule has 0 atom stereocenters. The number of Topliss-reactive ketones (excluding diaryl/α,β-unsaturated/α-hetero) is 1. The molecule has 0 amide bonds. The van der Waals surface area contributed by atoms with Crippen molar-refractivity contribution in [3.63, 3.8) is 0 Å². The van der Waals surface area contributed by atoms with Crippen LogP contribution in [0.25, 0.3) is 33.4 Å². The van der Waals surface area contributed by atoms with Gasteiger partial charge in [0.25, 0.3) is 0 Å². The number of hydrogen-bond donors (Lipinski definition) is 0. The van der Waals surface area contributed by atoms with E-state index in [2.05, 4.69) is 0 Å². The van der Waals surface area contributed by atoms with Crippen molar-refractivity contribution in [2.45, 2.75) is 13.8 Å². The maximum atomic E-state index is 13.5. The monoisotopic (exact) mass is 494 g/mol. The number of fused-ring (bicyclic) bond motifs is 1. The van der Waals surface area contributed by atoms with Crippen molar-refractivity contribution in [2.75, 3.05) is 6.61 Å². The summed E-state index contributed by atoms with van der Waals surface area (Å²) in [6.45, 7) is 3.60. The van der Waals surface area contributed by atoms with Crippen LogP contribution in [0.2, 0.25) is 5.02 Å². The smallest absolute Gasteiger partial charge is 0.235 e. The Balaban J connectivity index is 1.48. The standard InChI is InChI=1S/C31H23ClO4/c1-19-16-26-28(17-20(19)2)36-30(24-12-14-25(32)15-13-24)31(29(26)34)35-18-27(33)23-10-8-22(9-11-23)21-6-4-3-5-7-21/h3-17H,18H2,1-2H3. The van der Waals surface area contributed by atoms with Gasteiger partial charge in [0, 0.05) is 16.1 Å². The molecule has 0 aliphatic rings. The maximum absolute atomic E-state index is 13.5. The zero-order valence-corrected chi connectivity index (χ0v) is 20.6. The van der Waals surface area contributed by atoms with E-state index in [1.807, 2.05) is 62.4 Å². The lowest BCUT2D eigenvalue weighted by atomic mass is 10.0. The zero-order valence-electron chi connectivity index (χ0n) is 19.9. The lowest BCUT2D eigenvalue weighted by Crippen LogP contribution is -2.17. The molecule has 0 aliphatic carbocycles. The van der Waals surface area contributed by atoms with Crippen LogP contribution in [0.15, 0.2) is 100 Å². The van der Waals surface area contributed by atoms with E-state index in [9.17, 15) is 9.59 Å². The highest BCUT2D eigenvalue weighted by atomic mass is 35.5. The van der Waals surface area contributed by atoms with Gasteiger partial charge in [-0.15, -0.1) is 0 Å². The highest BCUT2D eigenvalue weighted by molar-refractivity contribution is 6.30. The molecule has 36 heavy (non-hydrogen) atoms. The second-order valence-corrected chi connectivity index (χ2v) is 9.12. The van der Waals surface area contributed by atoms with Crippen LogP contribution >= 0.6 is 11.6 Å². The molecule has 0 spiro atoms. The van der Waals surface area contributed by atoms with Gasteiger partial charge in [0.05, 0.1) is 5.39 Å². The number of carbonyl (C=O) groups is 1. The highest BCUT2D eigenvalue weighted by Gasteiger charge is 2.20. The first-order valence-corrected chi connectivity index (χ1v) is 11.9. The van der Waals surface area contributed by atoms with Crippen LogP contribution in [0, 0.1) is 13.8 Å². The van der Waals surface area contributed by atoms with Gasteiger partial charge in [-0.1, -0.05) is 66.2 Å². The predicted octanol–water partition coefficient (Wildman–Crippen LogP) is 7.66. The van der Waals surface area contributed by atoms with Crippen molar-refractivity contribution in [3.05, 3.63) is 123 Å². The van der Waals surface area contributed by atoms with E-state index in [4.69, 9.17) is 20.8 Å². The van der Waals surface area contributed by atoms with Crippen molar-refractivity contribution >= 4 is 28.4 Å². The molecule has 5 rings (SSSR count). The van der Waals surface area contributed by atoms with Gasteiger partial charge >= 0.3 is 0 Å². The largest absolute Gasteiger partial charge is 0.478 e. The number of benzene rings is 4. The molecular weight excluding hydrogens is 472 g/mol. The van der Waals surface area contributed by atoms with Crippen LogP contribution in [0.5, 0.6) is 5.75 Å². The summed E-state index contributed by atoms with van der Waals surface area (Å²) in [6, 6.07) is 27.8. The molecule has 0 bridgehead atoms. The first kappa shape index (κ1) is 23.6. The number of carbonyl (C=O) groups excluding carboxylic acids is 1. The molecule has 1 aromatic heterocycles. The minimum Gasteiger partial charge on any atom is -0.478 e. The summed E-state index contributed by atoms with van der Waals surface area (Å²) >= 11 is 6.06. The zero-order chi connectivity index (χ0) is 25.2. The van der Waals surface area contributed by atoms with E-state index < -0.39 is 0 Å². The summed E-state index contributed by atoms with van der Waals surface area (Å²) in [7, 11) is 0. The average molecular weight is 495 g/mol. The predicted molar refractivity (Wildman–Crippen MR) is 144 cm³/mol. The van der Waals surface area contributed by atoms with Gasteiger partial charge in [-0.3, -0.25) is 9.59 Å². The Morgan fingerprint density at radius 3 is 2.11 bits per heavy atom. The van der Waals surface area contributed by atoms with E-state index in [0.717, 1.165) is 22.3 Å². The molecule has 4 aromatic carbocycles. The number of aryl methyl sites for hydroxylation is 2. The normalized spacial score (nSPS) is 11.0. The van der Waals surface area contributed by atoms with Gasteiger partial charge in [-0.25, -0.2) is 0 Å². The topological polar surface area (TPSA) is 56.5 Å². The Morgan fingerprint density at radius 1 is 0.806 bits per heavy atom. The fraction of sp³-hybridized carbons (Fsp3) is 0.0968. The van der Waals surface area contributed by atoms with E-state index in [-0.39, 0.29) is 29.3 Å². The summed E-state index contributed by atoms with van der Waals surface area (Å²) in [4.78, 5) is 26.4. The molecule has 0 fully saturated rings. The van der Waals surface area contributed by atoms with Crippen LogP contribution in [0.4, 0.5) is 0 Å². The molecule has 0 saturated heterocycles. The van der Waals surface area contributed by atoms with Crippen molar-refractivity contribution < 1.29 is 13.9 Å². The molecule has 0 unspecified atom stereocenters. The quantitative estimate of drug-likeness (QED) is 0.227. The van der Waals surface area contributed by atoms with Gasteiger partial charge < -0.3 is 9.15 Å². The lowest BCUT2D eigenvalue weighted by molar-refractivity contribution is 0.0920. The second kappa shape index (κ2) is 9.84. The maximum Gasteiger partial charge on any atom is 0.235 e. The number of hydrogen-bond acceptors (Lipinski definition) is 4. The van der Waals surface area contributed by atoms with Gasteiger partial charge in [0.15, 0.2) is 18.2 Å². The Morgan fingerprint density at radius 2 is 1.42 bits per heavy atom. The Kier molecular flexibility index (Phi) is 6.45. The lowest BCUT2D eigenvalue weighted by Gasteiger charge is -2.13. The summed E-state index contributed by atoms with van der Waals surface area (Å²) in [6.07, 6.45) is 0. The Labute approximate surface area is 213 Å². The number of ether oxygens (including phenoxy) is 1. The van der Waals surface area contributed by atoms with E-state index in [1.165, 1.54) is 0 Å². The first-order chi connectivity index (χ1) is 17.4. The summed E-state index contributed by atoms with van der Waals surface area (Å²) in [5.74, 6) is 0.0261. The molecule has 0 saturated carbocycles. The Hall–Kier alpha value is -4.15. The van der Waals surface area contributed by atoms with Crippen LogP contribution in [-0.4, -0.2) is 12.4 Å². The summed E-state index contributed by atoms with van der Waals surface area (Å²) in [5, 5.41) is 0.968. The minimum atomic E-state index is -0.323. The molecule has 5 heteroatoms. The number of rotatable bonds is 6. The molecule has 0 radical (unpaired) electrons. The van der Waals surface area contributed by atoms with Crippen LogP contribution in [0.1, 0.15) is 21.5 Å². The average Bonchev–Trinajstić information content (AvgIpc) is 2.90. The fourth-order valence-corrected chi connectivity index (χ4v) is 4.18. The van der Waals surface area contributed by atoms with Crippen molar-refractivity contribution in [2.24, 2.45) is 0 Å². The van der Waals surface area contributed by atoms with Gasteiger partial charge in [-0.2, -0.15) is 0 Å². The number of ketones is 1. The molecule has 178 valence electrons. The Bertz CT molecular complexity index is 1620. The molecule has 5 aromatic rings. The SMILES string of the molecule is Cc1cc2oc(-c3ccc(Cl)cc3)c(OCC(=O)c3ccc(-c4ccccc4)cc3)c(=O)c2cc1C. The molecule has 1 heterocycles. The number of halogens is 1. The third-order valence-corrected chi connectivity index (χ3v) is 6.48. The van der Waals surface area contributed by atoms with Crippen molar-refractivity contribution in [1.82, 2.24) is 0 Å². The van der Waals surface area contributed by atoms with Crippen LogP contribution in [-0.2, 0) is 0 Å².